The maximum atomic E-state index is 14.2. The first-order valence-electron chi connectivity index (χ1n) is 6.04. The Balaban J connectivity index is 2.43. The summed E-state index contributed by atoms with van der Waals surface area (Å²) >= 11 is 0. The van der Waals surface area contributed by atoms with Crippen LogP contribution in [0.4, 0.5) is 10.2 Å². The highest BCUT2D eigenvalue weighted by molar-refractivity contribution is 5.97. The molecule has 0 saturated carbocycles. The van der Waals surface area contributed by atoms with Crippen LogP contribution < -0.4 is 5.73 Å². The van der Waals surface area contributed by atoms with E-state index in [-0.39, 0.29) is 5.82 Å². The summed E-state index contributed by atoms with van der Waals surface area (Å²) in [5.74, 6) is 0.322. The topological polar surface area (TPSA) is 48.8 Å². The minimum absolute atomic E-state index is 0.236. The smallest absolute Gasteiger partial charge is 0.133 e. The lowest BCUT2D eigenvalue weighted by atomic mass is 10.1. The maximum Gasteiger partial charge on any atom is 0.133 e. The Morgan fingerprint density at radius 2 is 2.00 bits per heavy atom. The summed E-state index contributed by atoms with van der Waals surface area (Å²) in [5, 5.41) is 4.96. The van der Waals surface area contributed by atoms with E-state index in [1.807, 2.05) is 24.6 Å². The molecule has 0 atom stereocenters. The van der Waals surface area contributed by atoms with E-state index < -0.39 is 0 Å². The quantitative estimate of drug-likeness (QED) is 0.729. The highest BCUT2D eigenvalue weighted by Gasteiger charge is 2.19. The molecule has 3 rings (SSSR count). The molecule has 4 nitrogen and oxygen atoms in total. The van der Waals surface area contributed by atoms with Crippen LogP contribution in [-0.2, 0) is 14.1 Å². The Morgan fingerprint density at radius 1 is 1.26 bits per heavy atom. The van der Waals surface area contributed by atoms with Gasteiger partial charge in [0.1, 0.15) is 11.6 Å². The van der Waals surface area contributed by atoms with Crippen molar-refractivity contribution in [3.8, 4) is 11.3 Å². The van der Waals surface area contributed by atoms with E-state index in [9.17, 15) is 4.39 Å². The molecule has 0 aliphatic rings. The molecule has 2 N–H and O–H groups in total. The van der Waals surface area contributed by atoms with E-state index in [1.165, 1.54) is 6.07 Å². The fraction of sp³-hybridized carbons (Fsp3) is 0.214. The number of rotatable bonds is 1. The van der Waals surface area contributed by atoms with Crippen LogP contribution in [0.3, 0.4) is 0 Å². The molecule has 3 aromatic rings. The number of hydrogen-bond donors (Lipinski definition) is 1. The Morgan fingerprint density at radius 3 is 2.63 bits per heavy atom. The van der Waals surface area contributed by atoms with Gasteiger partial charge in [-0.05, 0) is 19.1 Å². The van der Waals surface area contributed by atoms with Gasteiger partial charge in [0.2, 0.25) is 0 Å². The molecule has 0 bridgehead atoms. The summed E-state index contributed by atoms with van der Waals surface area (Å²) in [6, 6.07) is 6.86. The first-order valence-corrected chi connectivity index (χ1v) is 6.04. The van der Waals surface area contributed by atoms with E-state index in [1.54, 1.807) is 23.9 Å². The van der Waals surface area contributed by atoms with Gasteiger partial charge in [0.25, 0.3) is 0 Å². The number of anilines is 1. The second kappa shape index (κ2) is 3.85. The van der Waals surface area contributed by atoms with Gasteiger partial charge in [0, 0.05) is 36.8 Å². The minimum Gasteiger partial charge on any atom is -0.384 e. The molecule has 2 heterocycles. The summed E-state index contributed by atoms with van der Waals surface area (Å²) in [6.07, 6.45) is 0. The zero-order valence-electron chi connectivity index (χ0n) is 11.1. The van der Waals surface area contributed by atoms with Crippen LogP contribution in [0.25, 0.3) is 22.2 Å². The molecular formula is C14H15FN4. The molecule has 0 unspecified atom stereocenters. The number of aromatic nitrogens is 3. The lowest BCUT2D eigenvalue weighted by Gasteiger charge is -1.98. The Hall–Kier alpha value is -2.30. The van der Waals surface area contributed by atoms with Crippen molar-refractivity contribution in [2.75, 3.05) is 5.73 Å². The number of nitrogens with two attached hydrogens (primary N) is 1. The largest absolute Gasteiger partial charge is 0.384 e. The van der Waals surface area contributed by atoms with Gasteiger partial charge in [0.05, 0.1) is 11.2 Å². The fourth-order valence-electron chi connectivity index (χ4n) is 2.49. The van der Waals surface area contributed by atoms with Crippen molar-refractivity contribution in [3.05, 3.63) is 35.8 Å². The maximum absolute atomic E-state index is 14.2. The Kier molecular flexibility index (Phi) is 2.38. The predicted octanol–water partition coefficient (Wildman–Crippen LogP) is 2.61. The number of aryl methyl sites for hydroxylation is 2. The molecule has 0 aliphatic carbocycles. The van der Waals surface area contributed by atoms with Gasteiger partial charge >= 0.3 is 0 Å². The minimum atomic E-state index is -0.236. The van der Waals surface area contributed by atoms with Crippen molar-refractivity contribution < 1.29 is 4.39 Å². The highest BCUT2D eigenvalue weighted by atomic mass is 19.1. The molecule has 19 heavy (non-hydrogen) atoms. The summed E-state index contributed by atoms with van der Waals surface area (Å²) in [5.41, 5.74) is 9.16. The Labute approximate surface area is 110 Å². The van der Waals surface area contributed by atoms with Crippen LogP contribution in [0.5, 0.6) is 0 Å². The van der Waals surface area contributed by atoms with Crippen LogP contribution in [0.2, 0.25) is 0 Å². The molecule has 0 radical (unpaired) electrons. The molecule has 98 valence electrons. The van der Waals surface area contributed by atoms with Crippen LogP contribution in [0, 0.1) is 12.7 Å². The first-order chi connectivity index (χ1) is 9.00. The number of nitrogen functional groups attached to an aromatic ring is 1. The molecular weight excluding hydrogens is 243 g/mol. The number of benzene rings is 1. The average Bonchev–Trinajstić information content (AvgIpc) is 2.82. The van der Waals surface area contributed by atoms with Crippen molar-refractivity contribution in [2.45, 2.75) is 6.92 Å². The average molecular weight is 258 g/mol. The molecule has 2 aromatic heterocycles. The van der Waals surface area contributed by atoms with Gasteiger partial charge in [-0.15, -0.1) is 0 Å². The van der Waals surface area contributed by atoms with Crippen molar-refractivity contribution >= 4 is 16.7 Å². The van der Waals surface area contributed by atoms with Gasteiger partial charge in [-0.25, -0.2) is 4.39 Å². The van der Waals surface area contributed by atoms with Crippen molar-refractivity contribution in [1.82, 2.24) is 14.3 Å². The molecule has 0 fully saturated rings. The predicted molar refractivity (Wildman–Crippen MR) is 74.2 cm³/mol. The second-order valence-corrected chi connectivity index (χ2v) is 4.73. The van der Waals surface area contributed by atoms with Crippen LogP contribution >= 0.6 is 0 Å². The number of hydrogen-bond acceptors (Lipinski definition) is 2. The van der Waals surface area contributed by atoms with E-state index in [0.717, 1.165) is 16.8 Å². The molecule has 1 aromatic carbocycles. The summed E-state index contributed by atoms with van der Waals surface area (Å²) in [6.45, 7) is 1.96. The van der Waals surface area contributed by atoms with E-state index in [0.29, 0.717) is 16.9 Å². The lowest BCUT2D eigenvalue weighted by molar-refractivity contribution is 0.640. The normalized spacial score (nSPS) is 11.4. The van der Waals surface area contributed by atoms with E-state index in [4.69, 9.17) is 5.73 Å². The van der Waals surface area contributed by atoms with E-state index in [2.05, 4.69) is 5.10 Å². The molecule has 0 aliphatic heterocycles. The van der Waals surface area contributed by atoms with Crippen LogP contribution in [0.1, 0.15) is 5.69 Å². The van der Waals surface area contributed by atoms with Gasteiger partial charge in [-0.3, -0.25) is 4.68 Å². The van der Waals surface area contributed by atoms with Crippen molar-refractivity contribution in [3.63, 3.8) is 0 Å². The molecule has 0 amide bonds. The number of fused-ring (bicyclic) bond motifs is 1. The van der Waals surface area contributed by atoms with Gasteiger partial charge in [0.15, 0.2) is 0 Å². The van der Waals surface area contributed by atoms with E-state index >= 15 is 0 Å². The van der Waals surface area contributed by atoms with Gasteiger partial charge in [-0.2, -0.15) is 5.10 Å². The zero-order valence-corrected chi connectivity index (χ0v) is 11.1. The Bertz CT molecular complexity index is 763. The van der Waals surface area contributed by atoms with Gasteiger partial charge < -0.3 is 10.3 Å². The monoisotopic (exact) mass is 258 g/mol. The van der Waals surface area contributed by atoms with Crippen LogP contribution in [-0.4, -0.2) is 14.3 Å². The third kappa shape index (κ3) is 1.54. The van der Waals surface area contributed by atoms with Crippen molar-refractivity contribution in [2.24, 2.45) is 14.1 Å². The molecule has 5 heteroatoms. The highest BCUT2D eigenvalue weighted by Crippen LogP contribution is 2.35. The van der Waals surface area contributed by atoms with Gasteiger partial charge in [-0.1, -0.05) is 6.07 Å². The SMILES string of the molecule is Cc1c(-c2cc(N)n(C)n2)c2c(F)cccc2n1C. The summed E-state index contributed by atoms with van der Waals surface area (Å²) in [7, 11) is 3.70. The number of nitrogens with zero attached hydrogens (tertiary/aromatic N) is 3. The molecule has 0 spiro atoms. The lowest BCUT2D eigenvalue weighted by Crippen LogP contribution is -1.96. The molecule has 0 saturated heterocycles. The summed E-state index contributed by atoms with van der Waals surface area (Å²) in [4.78, 5) is 0. The third-order valence-corrected chi connectivity index (χ3v) is 3.64. The third-order valence-electron chi connectivity index (χ3n) is 3.64. The zero-order chi connectivity index (χ0) is 13.7. The number of halogens is 1. The summed E-state index contributed by atoms with van der Waals surface area (Å²) < 4.78 is 17.7. The first kappa shape index (κ1) is 11.8. The van der Waals surface area contributed by atoms with Crippen molar-refractivity contribution in [1.29, 1.82) is 0 Å². The standard InChI is InChI=1S/C14H15FN4/c1-8-13(10-7-12(16)19(3)17-10)14-9(15)5-4-6-11(14)18(8)2/h4-7H,16H2,1-3H3. The second-order valence-electron chi connectivity index (χ2n) is 4.73. The van der Waals surface area contributed by atoms with Crippen LogP contribution in [0.15, 0.2) is 24.3 Å². The fourth-order valence-corrected chi connectivity index (χ4v) is 2.49.